The molecule has 0 radical (unpaired) electrons. The van der Waals surface area contributed by atoms with Gasteiger partial charge in [0.15, 0.2) is 0 Å². The molecule has 0 aromatic heterocycles. The van der Waals surface area contributed by atoms with Gasteiger partial charge in [0, 0.05) is 7.85 Å². The molecule has 0 spiro atoms. The van der Waals surface area contributed by atoms with Crippen LogP contribution in [0.1, 0.15) is 67.2 Å². The van der Waals surface area contributed by atoms with Crippen molar-refractivity contribution in [3.05, 3.63) is 0 Å². The molecule has 0 fully saturated rings. The lowest BCUT2D eigenvalue weighted by atomic mass is 9.96. The van der Waals surface area contributed by atoms with E-state index in [0.717, 1.165) is 0 Å². The fraction of sp³-hybridized carbons (Fsp3) is 1.00. The SMILES string of the molecule is CCCC(I)C(C)(C)OC(C)(C)C(I)CCC.F. The van der Waals surface area contributed by atoms with Gasteiger partial charge in [-0.2, -0.15) is 0 Å². The molecule has 0 heterocycles. The molecule has 0 saturated carbocycles. The Morgan fingerprint density at radius 2 is 1.11 bits per heavy atom. The van der Waals surface area contributed by atoms with Gasteiger partial charge in [-0.05, 0) is 40.5 Å². The lowest BCUT2D eigenvalue weighted by Gasteiger charge is -2.41. The normalized spacial score (nSPS) is 16.0. The maximum Gasteiger partial charge on any atom is 0.0751 e. The second-order valence-electron chi connectivity index (χ2n) is 5.82. The Kier molecular flexibility index (Phi) is 11.2. The van der Waals surface area contributed by atoms with E-state index in [1.165, 1.54) is 25.7 Å². The third-order valence-electron chi connectivity index (χ3n) is 3.12. The molecule has 4 heteroatoms. The van der Waals surface area contributed by atoms with E-state index in [1.54, 1.807) is 0 Å². The molecule has 2 atom stereocenters. The van der Waals surface area contributed by atoms with Crippen molar-refractivity contribution in [3.63, 3.8) is 0 Å². The maximum atomic E-state index is 6.44. The molecule has 0 aliphatic rings. The first-order valence-electron chi connectivity index (χ1n) is 6.65. The molecule has 0 N–H and O–H groups in total. The highest BCUT2D eigenvalue weighted by atomic mass is 127. The highest BCUT2D eigenvalue weighted by Gasteiger charge is 2.37. The Labute approximate surface area is 140 Å². The van der Waals surface area contributed by atoms with Gasteiger partial charge in [0.05, 0.1) is 11.2 Å². The molecule has 1 nitrogen and oxygen atoms in total. The molecule has 0 aliphatic carbocycles. The summed E-state index contributed by atoms with van der Waals surface area (Å²) < 4.78 is 7.60. The standard InChI is InChI=1S/C14H28I2O.FH/c1-7-9-11(15)13(3,4)17-14(5,6)12(16)10-8-2;/h11-12H,7-10H2,1-6H3;1H. The van der Waals surface area contributed by atoms with E-state index in [-0.39, 0.29) is 15.9 Å². The van der Waals surface area contributed by atoms with Crippen molar-refractivity contribution in [3.8, 4) is 0 Å². The molecular formula is C14H29FI2O. The fourth-order valence-electron chi connectivity index (χ4n) is 2.01. The summed E-state index contributed by atoms with van der Waals surface area (Å²) in [7, 11) is 0. The molecule has 0 amide bonds. The van der Waals surface area contributed by atoms with Crippen LogP contribution < -0.4 is 0 Å². The van der Waals surface area contributed by atoms with Crippen molar-refractivity contribution >= 4 is 45.2 Å². The van der Waals surface area contributed by atoms with E-state index >= 15 is 0 Å². The second kappa shape index (κ2) is 9.32. The van der Waals surface area contributed by atoms with Gasteiger partial charge in [0.2, 0.25) is 0 Å². The summed E-state index contributed by atoms with van der Waals surface area (Å²) in [6.45, 7) is 13.4. The van der Waals surface area contributed by atoms with Gasteiger partial charge in [0.25, 0.3) is 0 Å². The van der Waals surface area contributed by atoms with E-state index < -0.39 is 0 Å². The Morgan fingerprint density at radius 3 is 1.33 bits per heavy atom. The van der Waals surface area contributed by atoms with Gasteiger partial charge in [0.1, 0.15) is 0 Å². The highest BCUT2D eigenvalue weighted by Crippen LogP contribution is 2.35. The maximum absolute atomic E-state index is 6.44. The van der Waals surface area contributed by atoms with Crippen LogP contribution in [0.5, 0.6) is 0 Å². The van der Waals surface area contributed by atoms with Gasteiger partial charge < -0.3 is 4.74 Å². The topological polar surface area (TPSA) is 9.23 Å². The van der Waals surface area contributed by atoms with Crippen LogP contribution in [0.3, 0.4) is 0 Å². The lowest BCUT2D eigenvalue weighted by molar-refractivity contribution is -0.119. The summed E-state index contributed by atoms with van der Waals surface area (Å²) in [4.78, 5) is 0. The zero-order chi connectivity index (χ0) is 13.7. The summed E-state index contributed by atoms with van der Waals surface area (Å²) in [5, 5.41) is 0. The van der Waals surface area contributed by atoms with Gasteiger partial charge in [-0.15, -0.1) is 0 Å². The van der Waals surface area contributed by atoms with Gasteiger partial charge in [-0.3, -0.25) is 4.70 Å². The number of hydrogen-bond acceptors (Lipinski definition) is 1. The highest BCUT2D eigenvalue weighted by molar-refractivity contribution is 14.1. The number of rotatable bonds is 8. The van der Waals surface area contributed by atoms with Gasteiger partial charge >= 0.3 is 0 Å². The molecule has 2 unspecified atom stereocenters. The third kappa shape index (κ3) is 7.22. The smallest absolute Gasteiger partial charge is 0.0751 e. The van der Waals surface area contributed by atoms with Crippen molar-refractivity contribution in [2.45, 2.75) is 86.3 Å². The molecule has 0 rings (SSSR count). The first-order valence-corrected chi connectivity index (χ1v) is 9.14. The minimum atomic E-state index is -0.0444. The van der Waals surface area contributed by atoms with E-state index in [4.69, 9.17) is 4.74 Å². The number of alkyl halides is 2. The molecule has 0 aromatic rings. The summed E-state index contributed by atoms with van der Waals surface area (Å²) in [6, 6.07) is 0. The number of ether oxygens (including phenoxy) is 1. The largest absolute Gasteiger partial charge is 0.368 e. The minimum Gasteiger partial charge on any atom is -0.368 e. The van der Waals surface area contributed by atoms with Gasteiger partial charge in [-0.25, -0.2) is 0 Å². The van der Waals surface area contributed by atoms with Crippen molar-refractivity contribution in [2.24, 2.45) is 0 Å². The fourth-order valence-corrected chi connectivity index (χ4v) is 3.51. The van der Waals surface area contributed by atoms with Crippen LogP contribution in [0.4, 0.5) is 4.70 Å². The molecule has 18 heavy (non-hydrogen) atoms. The van der Waals surface area contributed by atoms with Crippen LogP contribution in [0.25, 0.3) is 0 Å². The summed E-state index contributed by atoms with van der Waals surface area (Å²) in [5.41, 5.74) is -0.0888. The van der Waals surface area contributed by atoms with Crippen molar-refractivity contribution < 1.29 is 9.44 Å². The molecular weight excluding hydrogens is 457 g/mol. The monoisotopic (exact) mass is 486 g/mol. The van der Waals surface area contributed by atoms with Crippen LogP contribution in [-0.2, 0) is 4.74 Å². The van der Waals surface area contributed by atoms with E-state index in [9.17, 15) is 0 Å². The van der Waals surface area contributed by atoms with Crippen LogP contribution in [0, 0.1) is 0 Å². The lowest BCUT2D eigenvalue weighted by Crippen LogP contribution is -2.47. The van der Waals surface area contributed by atoms with Gasteiger partial charge in [-0.1, -0.05) is 71.9 Å². The third-order valence-corrected chi connectivity index (χ3v) is 7.36. The van der Waals surface area contributed by atoms with Crippen molar-refractivity contribution in [1.29, 1.82) is 0 Å². The second-order valence-corrected chi connectivity index (χ2v) is 8.83. The molecule has 0 aromatic carbocycles. The summed E-state index contributed by atoms with van der Waals surface area (Å²) >= 11 is 5.08. The Morgan fingerprint density at radius 1 is 0.833 bits per heavy atom. The first kappa shape index (κ1) is 21.6. The predicted molar refractivity (Wildman–Crippen MR) is 97.2 cm³/mol. The molecule has 0 saturated heterocycles. The number of halogens is 3. The Hall–Kier alpha value is 1.35. The zero-order valence-electron chi connectivity index (χ0n) is 12.6. The first-order chi connectivity index (χ1) is 7.67. The molecule has 0 aliphatic heterocycles. The van der Waals surface area contributed by atoms with Crippen LogP contribution in [0.2, 0.25) is 0 Å². The Bertz CT molecular complexity index is 198. The van der Waals surface area contributed by atoms with Crippen LogP contribution >= 0.6 is 45.2 Å². The average molecular weight is 486 g/mol. The molecule has 0 bridgehead atoms. The van der Waals surface area contributed by atoms with E-state index in [1.807, 2.05) is 0 Å². The van der Waals surface area contributed by atoms with E-state index in [2.05, 4.69) is 86.7 Å². The average Bonchev–Trinajstić information content (AvgIpc) is 2.16. The predicted octanol–water partition coefficient (Wildman–Crippen LogP) is 5.92. The van der Waals surface area contributed by atoms with Crippen molar-refractivity contribution in [2.75, 3.05) is 0 Å². The van der Waals surface area contributed by atoms with Crippen LogP contribution in [-0.4, -0.2) is 19.1 Å². The Balaban J connectivity index is 0. The van der Waals surface area contributed by atoms with E-state index in [0.29, 0.717) is 7.85 Å². The summed E-state index contributed by atoms with van der Waals surface area (Å²) in [6.07, 6.45) is 4.90. The molecule has 112 valence electrons. The zero-order valence-corrected chi connectivity index (χ0v) is 16.9. The quantitative estimate of drug-likeness (QED) is 0.306. The van der Waals surface area contributed by atoms with Crippen LogP contribution in [0.15, 0.2) is 0 Å². The summed E-state index contributed by atoms with van der Waals surface area (Å²) in [5.74, 6) is 0. The minimum absolute atomic E-state index is 0. The van der Waals surface area contributed by atoms with Crippen molar-refractivity contribution in [1.82, 2.24) is 0 Å². The number of hydrogen-bond donors (Lipinski definition) is 0.